The van der Waals surface area contributed by atoms with Crippen molar-refractivity contribution in [3.63, 3.8) is 0 Å². The molecule has 1 aromatic heterocycles. The van der Waals surface area contributed by atoms with Crippen molar-refractivity contribution in [3.8, 4) is 0 Å². The number of non-ortho nitro benzene ring substituents is 1. The molecule has 1 fully saturated rings. The Morgan fingerprint density at radius 1 is 1.10 bits per heavy atom. The molecule has 0 bridgehead atoms. The van der Waals surface area contributed by atoms with Gasteiger partial charge in [-0.2, -0.15) is 0 Å². The second-order valence-electron chi connectivity index (χ2n) is 6.85. The van der Waals surface area contributed by atoms with E-state index in [-0.39, 0.29) is 29.5 Å². The smallest absolute Gasteiger partial charge is 0.342 e. The summed E-state index contributed by atoms with van der Waals surface area (Å²) < 4.78 is 5.08. The minimum atomic E-state index is -0.608. The highest BCUT2D eigenvalue weighted by Crippen LogP contribution is 2.22. The molecule has 1 amide bonds. The Hall–Kier alpha value is -3.56. The third-order valence-corrected chi connectivity index (χ3v) is 4.88. The van der Waals surface area contributed by atoms with Crippen LogP contribution in [0.2, 0.25) is 0 Å². The van der Waals surface area contributed by atoms with E-state index in [4.69, 9.17) is 4.74 Å². The van der Waals surface area contributed by atoms with Crippen molar-refractivity contribution in [2.75, 3.05) is 37.7 Å². The van der Waals surface area contributed by atoms with Crippen LogP contribution in [0.3, 0.4) is 0 Å². The molecule has 1 aliphatic rings. The maximum absolute atomic E-state index is 13.1. The highest BCUT2D eigenvalue weighted by atomic mass is 16.6. The summed E-state index contributed by atoms with van der Waals surface area (Å²) in [5.41, 5.74) is 1.46. The molecule has 0 N–H and O–H groups in total. The Morgan fingerprint density at radius 3 is 2.30 bits per heavy atom. The number of piperazine rings is 1. The van der Waals surface area contributed by atoms with Crippen LogP contribution >= 0.6 is 0 Å². The number of hydrogen-bond donors (Lipinski definition) is 0. The van der Waals surface area contributed by atoms with Gasteiger partial charge in [-0.25, -0.2) is 14.8 Å². The van der Waals surface area contributed by atoms with E-state index in [1.54, 1.807) is 37.8 Å². The van der Waals surface area contributed by atoms with Gasteiger partial charge in [-0.05, 0) is 32.9 Å². The SMILES string of the molecule is CCOC(=O)c1c(C)nc(C)nc1C(=O)N1CCN(c2ccc([N+](=O)[O-])cc2)CC1. The van der Waals surface area contributed by atoms with Crippen LogP contribution in [0.15, 0.2) is 24.3 Å². The summed E-state index contributed by atoms with van der Waals surface area (Å²) in [5, 5.41) is 10.8. The number of rotatable bonds is 5. The fraction of sp³-hybridized carbons (Fsp3) is 0.400. The van der Waals surface area contributed by atoms with Gasteiger partial charge < -0.3 is 14.5 Å². The number of ether oxygens (including phenoxy) is 1. The van der Waals surface area contributed by atoms with Crippen LogP contribution in [0.4, 0.5) is 11.4 Å². The number of esters is 1. The normalized spacial score (nSPS) is 13.8. The summed E-state index contributed by atoms with van der Waals surface area (Å²) in [6.07, 6.45) is 0. The Morgan fingerprint density at radius 2 is 1.73 bits per heavy atom. The van der Waals surface area contributed by atoms with Gasteiger partial charge in [0.25, 0.3) is 11.6 Å². The third-order valence-electron chi connectivity index (χ3n) is 4.88. The second-order valence-corrected chi connectivity index (χ2v) is 6.85. The molecule has 0 atom stereocenters. The Balaban J connectivity index is 1.75. The highest BCUT2D eigenvalue weighted by Gasteiger charge is 2.29. The van der Waals surface area contributed by atoms with Crippen LogP contribution in [0.5, 0.6) is 0 Å². The predicted octanol–water partition coefficient (Wildman–Crippen LogP) is 2.14. The lowest BCUT2D eigenvalue weighted by Crippen LogP contribution is -2.49. The van der Waals surface area contributed by atoms with Crippen molar-refractivity contribution >= 4 is 23.3 Å². The molecular formula is C20H23N5O5. The maximum Gasteiger partial charge on any atom is 0.342 e. The molecule has 2 aromatic rings. The van der Waals surface area contributed by atoms with Crippen LogP contribution in [0.1, 0.15) is 39.3 Å². The third kappa shape index (κ3) is 4.37. The van der Waals surface area contributed by atoms with Gasteiger partial charge in [-0.15, -0.1) is 0 Å². The molecule has 1 aromatic carbocycles. The predicted molar refractivity (Wildman–Crippen MR) is 109 cm³/mol. The number of nitro benzene ring substituents is 1. The number of anilines is 1. The number of carbonyl (C=O) groups excluding carboxylic acids is 2. The number of amides is 1. The first-order valence-corrected chi connectivity index (χ1v) is 9.62. The molecule has 10 heteroatoms. The molecule has 10 nitrogen and oxygen atoms in total. The zero-order valence-corrected chi connectivity index (χ0v) is 17.1. The van der Waals surface area contributed by atoms with Crippen molar-refractivity contribution in [3.05, 3.63) is 57.2 Å². The van der Waals surface area contributed by atoms with Crippen LogP contribution < -0.4 is 4.90 Å². The van der Waals surface area contributed by atoms with E-state index >= 15 is 0 Å². The summed E-state index contributed by atoms with van der Waals surface area (Å²) in [7, 11) is 0. The average Bonchev–Trinajstić information content (AvgIpc) is 2.73. The van der Waals surface area contributed by atoms with Gasteiger partial charge in [0, 0.05) is 44.0 Å². The van der Waals surface area contributed by atoms with Crippen LogP contribution in [-0.4, -0.2) is 64.5 Å². The zero-order chi connectivity index (χ0) is 21.8. The summed E-state index contributed by atoms with van der Waals surface area (Å²) in [6, 6.07) is 6.33. The molecule has 3 rings (SSSR count). The van der Waals surface area contributed by atoms with E-state index in [9.17, 15) is 19.7 Å². The molecule has 1 aliphatic heterocycles. The summed E-state index contributed by atoms with van der Waals surface area (Å²) in [4.78, 5) is 48.0. The van der Waals surface area contributed by atoms with Crippen molar-refractivity contribution in [1.29, 1.82) is 0 Å². The van der Waals surface area contributed by atoms with Gasteiger partial charge in [0.05, 0.1) is 17.2 Å². The lowest BCUT2D eigenvalue weighted by atomic mass is 10.1. The van der Waals surface area contributed by atoms with Crippen molar-refractivity contribution in [1.82, 2.24) is 14.9 Å². The number of carbonyl (C=O) groups is 2. The summed E-state index contributed by atoms with van der Waals surface area (Å²) in [6.45, 7) is 7.19. The van der Waals surface area contributed by atoms with E-state index < -0.39 is 10.9 Å². The molecule has 0 saturated carbocycles. The highest BCUT2D eigenvalue weighted by molar-refractivity contribution is 6.04. The summed E-state index contributed by atoms with van der Waals surface area (Å²) >= 11 is 0. The molecule has 1 saturated heterocycles. The number of hydrogen-bond acceptors (Lipinski definition) is 8. The minimum absolute atomic E-state index is 0.0357. The summed E-state index contributed by atoms with van der Waals surface area (Å²) in [5.74, 6) is -0.536. The standard InChI is InChI=1S/C20H23N5O5/c1-4-30-20(27)17-13(2)21-14(3)22-18(17)19(26)24-11-9-23(10-12-24)15-5-7-16(8-6-15)25(28)29/h5-8H,4,9-12H2,1-3H3. The first kappa shape index (κ1) is 21.2. The number of aromatic nitrogens is 2. The van der Waals surface area contributed by atoms with Crippen molar-refractivity contribution < 1.29 is 19.2 Å². The molecule has 0 aliphatic carbocycles. The quantitative estimate of drug-likeness (QED) is 0.415. The van der Waals surface area contributed by atoms with Crippen molar-refractivity contribution in [2.45, 2.75) is 20.8 Å². The van der Waals surface area contributed by atoms with Gasteiger partial charge in [0.2, 0.25) is 0 Å². The Kier molecular flexibility index (Phi) is 6.24. The van der Waals surface area contributed by atoms with Crippen LogP contribution in [-0.2, 0) is 4.74 Å². The first-order valence-electron chi connectivity index (χ1n) is 9.62. The Labute approximate surface area is 173 Å². The maximum atomic E-state index is 13.1. The lowest BCUT2D eigenvalue weighted by Gasteiger charge is -2.36. The van der Waals surface area contributed by atoms with E-state index in [0.29, 0.717) is 37.7 Å². The molecule has 0 unspecified atom stereocenters. The van der Waals surface area contributed by atoms with Crippen molar-refractivity contribution in [2.24, 2.45) is 0 Å². The van der Waals surface area contributed by atoms with Gasteiger partial charge >= 0.3 is 5.97 Å². The van der Waals surface area contributed by atoms with Gasteiger partial charge in [0.1, 0.15) is 17.1 Å². The number of nitro groups is 1. The topological polar surface area (TPSA) is 119 Å². The minimum Gasteiger partial charge on any atom is -0.462 e. The van der Waals surface area contributed by atoms with E-state index in [2.05, 4.69) is 14.9 Å². The monoisotopic (exact) mass is 413 g/mol. The number of benzene rings is 1. The Bertz CT molecular complexity index is 968. The number of aryl methyl sites for hydroxylation is 2. The molecule has 2 heterocycles. The lowest BCUT2D eigenvalue weighted by molar-refractivity contribution is -0.384. The fourth-order valence-electron chi connectivity index (χ4n) is 3.42. The largest absolute Gasteiger partial charge is 0.462 e. The van der Waals surface area contributed by atoms with Crippen LogP contribution in [0, 0.1) is 24.0 Å². The van der Waals surface area contributed by atoms with Crippen LogP contribution in [0.25, 0.3) is 0 Å². The fourth-order valence-corrected chi connectivity index (χ4v) is 3.42. The first-order chi connectivity index (χ1) is 14.3. The van der Waals surface area contributed by atoms with Gasteiger partial charge in [-0.3, -0.25) is 14.9 Å². The molecule has 0 spiro atoms. The molecule has 158 valence electrons. The van der Waals surface area contributed by atoms with Gasteiger partial charge in [-0.1, -0.05) is 0 Å². The molecular weight excluding hydrogens is 390 g/mol. The van der Waals surface area contributed by atoms with E-state index in [1.165, 1.54) is 12.1 Å². The second kappa shape index (κ2) is 8.85. The number of nitrogens with zero attached hydrogens (tertiary/aromatic N) is 5. The average molecular weight is 413 g/mol. The van der Waals surface area contributed by atoms with Gasteiger partial charge in [0.15, 0.2) is 0 Å². The van der Waals surface area contributed by atoms with E-state index in [0.717, 1.165) is 5.69 Å². The molecule has 30 heavy (non-hydrogen) atoms. The zero-order valence-electron chi connectivity index (χ0n) is 17.1. The molecule has 0 radical (unpaired) electrons. The van der Waals surface area contributed by atoms with E-state index in [1.807, 2.05) is 0 Å².